The first-order valence-corrected chi connectivity index (χ1v) is 8.10. The average Bonchev–Trinajstić information content (AvgIpc) is 2.80. The van der Waals surface area contributed by atoms with Crippen molar-refractivity contribution >= 4 is 0 Å². The minimum absolute atomic E-state index is 0.361. The minimum Gasteiger partial charge on any atom is -0.388 e. The van der Waals surface area contributed by atoms with Gasteiger partial charge in [-0.1, -0.05) is 0 Å². The van der Waals surface area contributed by atoms with E-state index >= 15 is 0 Å². The van der Waals surface area contributed by atoms with Crippen molar-refractivity contribution in [1.29, 1.82) is 0 Å². The van der Waals surface area contributed by atoms with Gasteiger partial charge < -0.3 is 10.4 Å². The van der Waals surface area contributed by atoms with Gasteiger partial charge in [-0.3, -0.25) is 0 Å². The van der Waals surface area contributed by atoms with E-state index in [9.17, 15) is 5.11 Å². The van der Waals surface area contributed by atoms with Crippen LogP contribution in [0.15, 0.2) is 0 Å². The number of nitrogens with one attached hydrogen (secondary N) is 1. The molecule has 1 aliphatic heterocycles. The van der Waals surface area contributed by atoms with Crippen LogP contribution >= 0.6 is 0 Å². The van der Waals surface area contributed by atoms with Gasteiger partial charge in [-0.15, -0.1) is 0 Å². The first-order chi connectivity index (χ1) is 8.64. The predicted octanol–water partition coefficient (Wildman–Crippen LogP) is 2.56. The Labute approximate surface area is 111 Å². The van der Waals surface area contributed by atoms with Crippen molar-refractivity contribution in [3.8, 4) is 0 Å². The molecule has 0 unspecified atom stereocenters. The largest absolute Gasteiger partial charge is 0.388 e. The number of rotatable bonds is 2. The van der Waals surface area contributed by atoms with Gasteiger partial charge in [-0.2, -0.15) is 0 Å². The molecule has 1 heterocycles. The third-order valence-electron chi connectivity index (χ3n) is 6.67. The summed E-state index contributed by atoms with van der Waals surface area (Å²) in [6.45, 7) is 3.25. The molecule has 2 atom stereocenters. The van der Waals surface area contributed by atoms with Gasteiger partial charge in [0.25, 0.3) is 0 Å². The van der Waals surface area contributed by atoms with Crippen LogP contribution in [0.1, 0.15) is 51.9 Å². The molecule has 0 aromatic carbocycles. The highest BCUT2D eigenvalue weighted by molar-refractivity contribution is 5.07. The van der Waals surface area contributed by atoms with Crippen LogP contribution in [0, 0.1) is 29.6 Å². The van der Waals surface area contributed by atoms with Gasteiger partial charge in [0.1, 0.15) is 0 Å². The lowest BCUT2D eigenvalue weighted by molar-refractivity contribution is -0.146. The molecular weight excluding hydrogens is 222 g/mol. The maximum Gasteiger partial charge on any atom is 0.0805 e. The summed E-state index contributed by atoms with van der Waals surface area (Å²) >= 11 is 0. The van der Waals surface area contributed by atoms with Crippen LogP contribution in [0.25, 0.3) is 0 Å². The first-order valence-electron chi connectivity index (χ1n) is 8.10. The molecule has 4 aliphatic carbocycles. The average molecular weight is 249 g/mol. The molecule has 102 valence electrons. The predicted molar refractivity (Wildman–Crippen MR) is 72.2 cm³/mol. The summed E-state index contributed by atoms with van der Waals surface area (Å²) in [5.41, 5.74) is -0.459. The van der Waals surface area contributed by atoms with Gasteiger partial charge in [-0.25, -0.2) is 0 Å². The Balaban J connectivity index is 1.60. The van der Waals surface area contributed by atoms with Gasteiger partial charge in [0.05, 0.1) is 5.60 Å². The fraction of sp³-hybridized carbons (Fsp3) is 1.00. The molecule has 5 rings (SSSR count). The summed E-state index contributed by atoms with van der Waals surface area (Å²) in [4.78, 5) is 0. The molecule has 2 heteroatoms. The molecule has 0 amide bonds. The zero-order valence-corrected chi connectivity index (χ0v) is 11.6. The molecule has 0 aromatic rings. The van der Waals surface area contributed by atoms with Crippen molar-refractivity contribution in [1.82, 2.24) is 5.32 Å². The monoisotopic (exact) mass is 249 g/mol. The van der Waals surface area contributed by atoms with Crippen molar-refractivity contribution in [2.24, 2.45) is 29.6 Å². The summed E-state index contributed by atoms with van der Waals surface area (Å²) in [7, 11) is 0. The second kappa shape index (κ2) is 3.96. The van der Waals surface area contributed by atoms with Crippen LogP contribution in [0.3, 0.4) is 0 Å². The third-order valence-corrected chi connectivity index (χ3v) is 6.67. The summed E-state index contributed by atoms with van der Waals surface area (Å²) in [6, 6.07) is 0.361. The van der Waals surface area contributed by atoms with Crippen LogP contribution in [-0.2, 0) is 0 Å². The number of aliphatic hydroxyl groups is 1. The van der Waals surface area contributed by atoms with Gasteiger partial charge >= 0.3 is 0 Å². The lowest BCUT2D eigenvalue weighted by atomic mass is 9.48. The summed E-state index contributed by atoms with van der Waals surface area (Å²) in [6.07, 6.45) is 9.59. The molecule has 5 fully saturated rings. The van der Waals surface area contributed by atoms with E-state index in [4.69, 9.17) is 0 Å². The molecule has 18 heavy (non-hydrogen) atoms. The molecule has 4 bridgehead atoms. The highest BCUT2D eigenvalue weighted by atomic mass is 16.3. The standard InChI is InChI=1S/C16H27NO/c1-16(18,14-3-2-4-17-14)15-12-6-10-5-11(8-12)9-13(15)7-10/h10-15,17-18H,2-9H2,1H3/t10?,11?,12?,13?,14-,15?,16-/m0/s1. The molecule has 5 aliphatic rings. The fourth-order valence-corrected chi connectivity index (χ4v) is 6.30. The van der Waals surface area contributed by atoms with Crippen molar-refractivity contribution < 1.29 is 5.11 Å². The Bertz CT molecular complexity index is 304. The minimum atomic E-state index is -0.459. The van der Waals surface area contributed by atoms with E-state index in [1.807, 2.05) is 0 Å². The van der Waals surface area contributed by atoms with E-state index in [-0.39, 0.29) is 0 Å². The Morgan fingerprint density at radius 1 is 1.00 bits per heavy atom. The molecular formula is C16H27NO. The highest BCUT2D eigenvalue weighted by Gasteiger charge is 2.55. The van der Waals surface area contributed by atoms with Gasteiger partial charge in [0.2, 0.25) is 0 Å². The van der Waals surface area contributed by atoms with E-state index in [1.54, 1.807) is 0 Å². The molecule has 0 radical (unpaired) electrons. The maximum absolute atomic E-state index is 11.2. The Kier molecular flexibility index (Phi) is 2.58. The van der Waals surface area contributed by atoms with Crippen LogP contribution in [-0.4, -0.2) is 23.3 Å². The van der Waals surface area contributed by atoms with Crippen molar-refractivity contribution in [3.05, 3.63) is 0 Å². The third kappa shape index (κ3) is 1.61. The lowest BCUT2D eigenvalue weighted by Gasteiger charge is -2.59. The lowest BCUT2D eigenvalue weighted by Crippen LogP contribution is -2.60. The Morgan fingerprint density at radius 3 is 2.11 bits per heavy atom. The van der Waals surface area contributed by atoms with E-state index in [1.165, 1.54) is 44.9 Å². The van der Waals surface area contributed by atoms with E-state index in [0.29, 0.717) is 12.0 Å². The normalized spacial score (nSPS) is 53.7. The number of hydrogen-bond donors (Lipinski definition) is 2. The van der Waals surface area contributed by atoms with E-state index in [2.05, 4.69) is 12.2 Å². The molecule has 1 saturated heterocycles. The quantitative estimate of drug-likeness (QED) is 0.788. The van der Waals surface area contributed by atoms with Gasteiger partial charge in [0.15, 0.2) is 0 Å². The SMILES string of the molecule is C[C@@](O)(C1C2CC3CC(C2)CC1C3)[C@@H]1CCCN1. The second-order valence-corrected chi connectivity index (χ2v) is 7.83. The van der Waals surface area contributed by atoms with E-state index in [0.717, 1.165) is 30.2 Å². The topological polar surface area (TPSA) is 32.3 Å². The zero-order valence-electron chi connectivity index (χ0n) is 11.6. The zero-order chi connectivity index (χ0) is 12.3. The van der Waals surface area contributed by atoms with Crippen LogP contribution in [0.5, 0.6) is 0 Å². The molecule has 2 N–H and O–H groups in total. The van der Waals surface area contributed by atoms with E-state index < -0.39 is 5.60 Å². The number of hydrogen-bond acceptors (Lipinski definition) is 2. The summed E-state index contributed by atoms with van der Waals surface area (Å²) in [5, 5.41) is 14.7. The summed E-state index contributed by atoms with van der Waals surface area (Å²) < 4.78 is 0. The summed E-state index contributed by atoms with van der Waals surface area (Å²) in [5.74, 6) is 4.27. The van der Waals surface area contributed by atoms with Crippen LogP contribution < -0.4 is 5.32 Å². The van der Waals surface area contributed by atoms with Gasteiger partial charge in [-0.05, 0) is 88.0 Å². The Morgan fingerprint density at radius 2 is 1.61 bits per heavy atom. The first kappa shape index (κ1) is 11.7. The maximum atomic E-state index is 11.2. The molecule has 4 saturated carbocycles. The van der Waals surface area contributed by atoms with Crippen molar-refractivity contribution in [2.75, 3.05) is 6.54 Å². The van der Waals surface area contributed by atoms with Crippen molar-refractivity contribution in [3.63, 3.8) is 0 Å². The smallest absolute Gasteiger partial charge is 0.0805 e. The van der Waals surface area contributed by atoms with Crippen LogP contribution in [0.4, 0.5) is 0 Å². The fourth-order valence-electron chi connectivity index (χ4n) is 6.30. The highest BCUT2D eigenvalue weighted by Crippen LogP contribution is 2.59. The van der Waals surface area contributed by atoms with Gasteiger partial charge in [0, 0.05) is 6.04 Å². The Hall–Kier alpha value is -0.0800. The molecule has 0 aromatic heterocycles. The van der Waals surface area contributed by atoms with Crippen LogP contribution in [0.2, 0.25) is 0 Å². The molecule has 2 nitrogen and oxygen atoms in total. The van der Waals surface area contributed by atoms with Crippen molar-refractivity contribution in [2.45, 2.75) is 63.5 Å². The molecule has 0 spiro atoms. The second-order valence-electron chi connectivity index (χ2n) is 7.83.